The molecule has 0 radical (unpaired) electrons. The molecule has 0 unspecified atom stereocenters. The average Bonchev–Trinajstić information content (AvgIpc) is 2.72. The normalized spacial score (nSPS) is 15.5. The molecule has 3 rings (SSSR count). The minimum absolute atomic E-state index is 0.0921. The molecule has 0 bridgehead atoms. The molecule has 1 aliphatic rings. The molecule has 0 aromatic heterocycles. The molecule has 1 aliphatic heterocycles. The molecule has 9 heteroatoms. The second-order valence-corrected chi connectivity index (χ2v) is 6.55. The lowest BCUT2D eigenvalue weighted by Crippen LogP contribution is -2.25. The molecule has 0 spiro atoms. The number of fused-ring (bicyclic) bond motifs is 1. The van der Waals surface area contributed by atoms with Gasteiger partial charge in [0.15, 0.2) is 17.3 Å². The van der Waals surface area contributed by atoms with E-state index in [1.165, 1.54) is 12.1 Å². The fourth-order valence-electron chi connectivity index (χ4n) is 1.97. The molecule has 5 nitrogen and oxygen atoms in total. The van der Waals surface area contributed by atoms with Gasteiger partial charge < -0.3 is 9.47 Å². The van der Waals surface area contributed by atoms with Crippen molar-refractivity contribution in [3.63, 3.8) is 0 Å². The van der Waals surface area contributed by atoms with Crippen molar-refractivity contribution in [2.45, 2.75) is 18.1 Å². The summed E-state index contributed by atoms with van der Waals surface area (Å²) in [5.74, 6) is -2.04. The number of alkyl halides is 2. The Balaban J connectivity index is 1.93. The van der Waals surface area contributed by atoms with Crippen LogP contribution in [0.5, 0.6) is 11.5 Å². The average molecular weight is 345 g/mol. The predicted molar refractivity (Wildman–Crippen MR) is 74.6 cm³/mol. The first-order chi connectivity index (χ1) is 10.7. The Bertz CT molecular complexity index is 866. The van der Waals surface area contributed by atoms with Crippen molar-refractivity contribution in [2.24, 2.45) is 0 Å². The summed E-state index contributed by atoms with van der Waals surface area (Å²) in [6, 6.07) is 7.27. The van der Waals surface area contributed by atoms with E-state index >= 15 is 0 Å². The lowest BCUT2D eigenvalue weighted by Gasteiger charge is -2.10. The summed E-state index contributed by atoms with van der Waals surface area (Å²) < 4.78 is 74.4. The lowest BCUT2D eigenvalue weighted by molar-refractivity contribution is -0.286. The van der Waals surface area contributed by atoms with E-state index in [1.807, 2.05) is 4.72 Å². The van der Waals surface area contributed by atoms with Crippen molar-refractivity contribution < 1.29 is 31.1 Å². The monoisotopic (exact) mass is 345 g/mol. The number of anilines is 1. The van der Waals surface area contributed by atoms with Crippen molar-refractivity contribution in [2.75, 3.05) is 4.72 Å². The van der Waals surface area contributed by atoms with E-state index in [-0.39, 0.29) is 4.90 Å². The summed E-state index contributed by atoms with van der Waals surface area (Å²) in [7, 11) is -4.07. The number of aryl methyl sites for hydroxylation is 1. The van der Waals surface area contributed by atoms with E-state index in [0.717, 1.165) is 11.6 Å². The van der Waals surface area contributed by atoms with Gasteiger partial charge in [-0.3, -0.25) is 4.72 Å². The topological polar surface area (TPSA) is 64.6 Å². The van der Waals surface area contributed by atoms with Gasteiger partial charge in [0.25, 0.3) is 10.0 Å². The zero-order valence-corrected chi connectivity index (χ0v) is 12.5. The van der Waals surface area contributed by atoms with E-state index in [9.17, 15) is 21.6 Å². The fourth-order valence-corrected chi connectivity index (χ4v) is 3.03. The summed E-state index contributed by atoms with van der Waals surface area (Å²) in [5, 5.41) is 0. The maximum Gasteiger partial charge on any atom is 0.586 e. The molecule has 0 fully saturated rings. The summed E-state index contributed by atoms with van der Waals surface area (Å²) in [6.45, 7) is 1.78. The highest BCUT2D eigenvalue weighted by atomic mass is 32.2. The molecule has 122 valence electrons. The standard InChI is InChI=1S/C14H10F3NO4S/c1-8-2-4-9(5-3-8)23(19,20)18-11-7-13-12(6-10(11)15)21-14(16,17)22-13/h2-7,18H,1H3. The van der Waals surface area contributed by atoms with Gasteiger partial charge in [-0.1, -0.05) is 17.7 Å². The predicted octanol–water partition coefficient (Wildman–Crippen LogP) is 3.26. The lowest BCUT2D eigenvalue weighted by atomic mass is 10.2. The molecule has 0 saturated carbocycles. The third kappa shape index (κ3) is 3.04. The minimum atomic E-state index is -4.07. The van der Waals surface area contributed by atoms with Crippen LogP contribution in [0, 0.1) is 12.7 Å². The van der Waals surface area contributed by atoms with E-state index in [2.05, 4.69) is 9.47 Å². The van der Waals surface area contributed by atoms with E-state index in [0.29, 0.717) is 6.07 Å². The van der Waals surface area contributed by atoms with E-state index in [1.54, 1.807) is 19.1 Å². The highest BCUT2D eigenvalue weighted by Crippen LogP contribution is 2.43. The Hall–Kier alpha value is -2.42. The van der Waals surface area contributed by atoms with Gasteiger partial charge >= 0.3 is 6.29 Å². The third-order valence-corrected chi connectivity index (χ3v) is 4.45. The summed E-state index contributed by atoms with van der Waals surface area (Å²) in [6.07, 6.45) is -3.91. The van der Waals surface area contributed by atoms with Gasteiger partial charge in [0.2, 0.25) is 0 Å². The molecule has 0 aliphatic carbocycles. The number of ether oxygens (including phenoxy) is 2. The number of hydrogen-bond acceptors (Lipinski definition) is 4. The van der Waals surface area contributed by atoms with E-state index < -0.39 is 39.3 Å². The van der Waals surface area contributed by atoms with E-state index in [4.69, 9.17) is 0 Å². The number of hydrogen-bond donors (Lipinski definition) is 1. The molecule has 2 aromatic carbocycles. The quantitative estimate of drug-likeness (QED) is 0.927. The molecule has 0 saturated heterocycles. The Labute approximate surface area is 129 Å². The van der Waals surface area contributed by atoms with Crippen molar-refractivity contribution in [1.82, 2.24) is 0 Å². The van der Waals surface area contributed by atoms with Crippen LogP contribution >= 0.6 is 0 Å². The van der Waals surface area contributed by atoms with Gasteiger partial charge in [0, 0.05) is 12.1 Å². The van der Waals surface area contributed by atoms with Crippen LogP contribution < -0.4 is 14.2 Å². The Morgan fingerprint density at radius 1 is 1.04 bits per heavy atom. The molecule has 2 aromatic rings. The Morgan fingerprint density at radius 3 is 2.22 bits per heavy atom. The molecular formula is C14H10F3NO4S. The van der Waals surface area contributed by atoms with Crippen LogP contribution in [-0.4, -0.2) is 14.7 Å². The van der Waals surface area contributed by atoms with Gasteiger partial charge in [-0.2, -0.15) is 0 Å². The first-order valence-electron chi connectivity index (χ1n) is 6.35. The largest absolute Gasteiger partial charge is 0.586 e. The highest BCUT2D eigenvalue weighted by molar-refractivity contribution is 7.92. The first kappa shape index (κ1) is 15.5. The van der Waals surface area contributed by atoms with Crippen LogP contribution in [0.2, 0.25) is 0 Å². The zero-order chi connectivity index (χ0) is 16.8. The number of nitrogens with one attached hydrogen (secondary N) is 1. The van der Waals surface area contributed by atoms with Crippen LogP contribution in [0.1, 0.15) is 5.56 Å². The van der Waals surface area contributed by atoms with Crippen molar-refractivity contribution in [3.8, 4) is 11.5 Å². The fraction of sp³-hybridized carbons (Fsp3) is 0.143. The molecule has 0 atom stereocenters. The number of benzene rings is 2. The van der Waals surface area contributed by atoms with Gasteiger partial charge in [0.1, 0.15) is 0 Å². The first-order valence-corrected chi connectivity index (χ1v) is 7.83. The van der Waals surface area contributed by atoms with Crippen LogP contribution in [0.4, 0.5) is 18.9 Å². The van der Waals surface area contributed by atoms with Crippen LogP contribution in [0.25, 0.3) is 0 Å². The maximum atomic E-state index is 13.9. The molecule has 1 heterocycles. The minimum Gasteiger partial charge on any atom is -0.395 e. The maximum absolute atomic E-state index is 13.9. The smallest absolute Gasteiger partial charge is 0.395 e. The van der Waals surface area contributed by atoms with Crippen LogP contribution in [0.3, 0.4) is 0 Å². The Kier molecular flexibility index (Phi) is 3.40. The Morgan fingerprint density at radius 2 is 1.61 bits per heavy atom. The second-order valence-electron chi connectivity index (χ2n) is 4.86. The number of rotatable bonds is 3. The van der Waals surface area contributed by atoms with Gasteiger partial charge in [-0.15, -0.1) is 8.78 Å². The molecule has 23 heavy (non-hydrogen) atoms. The number of halogens is 3. The summed E-state index contributed by atoms with van der Waals surface area (Å²) >= 11 is 0. The highest BCUT2D eigenvalue weighted by Gasteiger charge is 2.44. The molecule has 1 N–H and O–H groups in total. The summed E-state index contributed by atoms with van der Waals surface area (Å²) in [5.41, 5.74) is 0.325. The number of sulfonamides is 1. The van der Waals surface area contributed by atoms with Gasteiger partial charge in [0.05, 0.1) is 10.6 Å². The SMILES string of the molecule is Cc1ccc(S(=O)(=O)Nc2cc3c(cc2F)OC(F)(F)O3)cc1. The van der Waals surface area contributed by atoms with Crippen molar-refractivity contribution >= 4 is 15.7 Å². The zero-order valence-electron chi connectivity index (χ0n) is 11.6. The van der Waals surface area contributed by atoms with Gasteiger partial charge in [-0.05, 0) is 19.1 Å². The van der Waals surface area contributed by atoms with Crippen LogP contribution in [-0.2, 0) is 10.0 Å². The molecular weight excluding hydrogens is 335 g/mol. The van der Waals surface area contributed by atoms with Crippen molar-refractivity contribution in [1.29, 1.82) is 0 Å². The third-order valence-electron chi connectivity index (χ3n) is 3.07. The van der Waals surface area contributed by atoms with Crippen LogP contribution in [0.15, 0.2) is 41.3 Å². The summed E-state index contributed by atoms with van der Waals surface area (Å²) in [4.78, 5) is -0.0921. The molecule has 0 amide bonds. The van der Waals surface area contributed by atoms with Gasteiger partial charge in [-0.25, -0.2) is 12.8 Å². The second kappa shape index (κ2) is 5.05. The van der Waals surface area contributed by atoms with Crippen molar-refractivity contribution in [3.05, 3.63) is 47.8 Å².